The zero-order valence-corrected chi connectivity index (χ0v) is 26.3. The van der Waals surface area contributed by atoms with Crippen molar-refractivity contribution < 1.29 is 27.5 Å². The molecule has 1 aliphatic rings. The molecule has 2 amide bonds. The predicted molar refractivity (Wildman–Crippen MR) is 173 cm³/mol. The van der Waals surface area contributed by atoms with Crippen molar-refractivity contribution in [2.75, 3.05) is 38.2 Å². The Balaban J connectivity index is 1.37. The third-order valence-electron chi connectivity index (χ3n) is 7.49. The molecule has 0 fully saturated rings. The summed E-state index contributed by atoms with van der Waals surface area (Å²) in [6.07, 6.45) is 0.0420. The second kappa shape index (κ2) is 14.6. The molecular formula is C34H34ClN3O6S. The molecule has 1 atom stereocenters. The van der Waals surface area contributed by atoms with Crippen molar-refractivity contribution in [2.24, 2.45) is 0 Å². The fraction of sp³-hybridized carbons (Fsp3) is 0.235. The molecule has 45 heavy (non-hydrogen) atoms. The average molecular weight is 648 g/mol. The van der Waals surface area contributed by atoms with E-state index in [4.69, 9.17) is 21.1 Å². The van der Waals surface area contributed by atoms with E-state index in [-0.39, 0.29) is 28.9 Å². The monoisotopic (exact) mass is 647 g/mol. The van der Waals surface area contributed by atoms with Gasteiger partial charge in [-0.15, -0.1) is 0 Å². The van der Waals surface area contributed by atoms with Crippen LogP contribution in [0.3, 0.4) is 0 Å². The summed E-state index contributed by atoms with van der Waals surface area (Å²) >= 11 is 6.28. The van der Waals surface area contributed by atoms with Gasteiger partial charge in [0.1, 0.15) is 11.5 Å². The van der Waals surface area contributed by atoms with Crippen LogP contribution >= 0.6 is 11.6 Å². The number of para-hydroxylation sites is 2. The van der Waals surface area contributed by atoms with Crippen LogP contribution in [0.15, 0.2) is 108 Å². The molecule has 0 aliphatic carbocycles. The first-order valence-electron chi connectivity index (χ1n) is 14.5. The van der Waals surface area contributed by atoms with Gasteiger partial charge in [0.2, 0.25) is 15.9 Å². The Labute approximate surface area is 268 Å². The number of nitrogens with one attached hydrogen (secondary N) is 1. The van der Waals surface area contributed by atoms with Crippen LogP contribution in [0, 0.1) is 0 Å². The van der Waals surface area contributed by atoms with Gasteiger partial charge in [-0.25, -0.2) is 8.42 Å². The lowest BCUT2D eigenvalue weighted by Gasteiger charge is -2.35. The number of hydrogen-bond donors (Lipinski definition) is 1. The summed E-state index contributed by atoms with van der Waals surface area (Å²) in [5, 5.41) is 3.04. The highest BCUT2D eigenvalue weighted by molar-refractivity contribution is 7.89. The van der Waals surface area contributed by atoms with Crippen LogP contribution in [0.1, 0.15) is 11.1 Å². The van der Waals surface area contributed by atoms with Gasteiger partial charge in [-0.1, -0.05) is 84.4 Å². The highest BCUT2D eigenvalue weighted by Gasteiger charge is 2.36. The first-order chi connectivity index (χ1) is 21.8. The molecule has 0 saturated heterocycles. The van der Waals surface area contributed by atoms with Crippen LogP contribution in [-0.2, 0) is 32.5 Å². The molecule has 0 saturated carbocycles. The number of carbonyl (C=O) groups is 2. The largest absolute Gasteiger partial charge is 0.495 e. The molecule has 4 aromatic rings. The zero-order chi connectivity index (χ0) is 31.8. The van der Waals surface area contributed by atoms with E-state index in [0.29, 0.717) is 36.6 Å². The maximum absolute atomic E-state index is 14.0. The standard InChI is InChI=1S/C34H34ClN3O6S/c1-43-30-17-16-27(22-28(30)35)45(41,42)37(21-19-26-12-6-3-7-13-26)24-33(39)38-23-32(44-31-15-9-8-14-29(31)38)34(40)36-20-18-25-10-4-2-5-11-25/h2-17,22,32H,18-21,23-24H2,1H3,(H,36,40). The molecule has 1 unspecified atom stereocenters. The number of sulfonamides is 1. The maximum Gasteiger partial charge on any atom is 0.262 e. The second-order valence-electron chi connectivity index (χ2n) is 10.5. The summed E-state index contributed by atoms with van der Waals surface area (Å²) in [6.45, 7) is -0.102. The molecule has 4 aromatic carbocycles. The van der Waals surface area contributed by atoms with Crippen LogP contribution in [-0.4, -0.2) is 63.9 Å². The number of anilines is 1. The maximum atomic E-state index is 14.0. The Hall–Kier alpha value is -4.38. The Kier molecular flexibility index (Phi) is 10.4. The number of rotatable bonds is 12. The van der Waals surface area contributed by atoms with Crippen LogP contribution in [0.25, 0.3) is 0 Å². The highest BCUT2D eigenvalue weighted by atomic mass is 35.5. The van der Waals surface area contributed by atoms with Crippen molar-refractivity contribution in [1.82, 2.24) is 9.62 Å². The Morgan fingerprint density at radius 1 is 0.933 bits per heavy atom. The van der Waals surface area contributed by atoms with E-state index >= 15 is 0 Å². The van der Waals surface area contributed by atoms with Crippen molar-refractivity contribution in [3.63, 3.8) is 0 Å². The van der Waals surface area contributed by atoms with Gasteiger partial charge in [0, 0.05) is 13.1 Å². The van der Waals surface area contributed by atoms with Crippen LogP contribution < -0.4 is 19.7 Å². The number of hydrogen-bond acceptors (Lipinski definition) is 6. The molecule has 5 rings (SSSR count). The van der Waals surface area contributed by atoms with Crippen LogP contribution in [0.4, 0.5) is 5.69 Å². The molecule has 1 heterocycles. The smallest absolute Gasteiger partial charge is 0.262 e. The second-order valence-corrected chi connectivity index (χ2v) is 12.8. The quantitative estimate of drug-likeness (QED) is 0.238. The van der Waals surface area contributed by atoms with E-state index < -0.39 is 28.6 Å². The molecule has 0 spiro atoms. The van der Waals surface area contributed by atoms with Crippen molar-refractivity contribution in [2.45, 2.75) is 23.8 Å². The summed E-state index contributed by atoms with van der Waals surface area (Å²) in [5.41, 5.74) is 2.46. The number of halogens is 1. The number of amides is 2. The molecule has 11 heteroatoms. The minimum Gasteiger partial charge on any atom is -0.495 e. The lowest BCUT2D eigenvalue weighted by molar-refractivity contribution is -0.128. The van der Waals surface area contributed by atoms with Gasteiger partial charge in [-0.2, -0.15) is 4.31 Å². The summed E-state index contributed by atoms with van der Waals surface area (Å²) in [7, 11) is -2.72. The summed E-state index contributed by atoms with van der Waals surface area (Å²) in [5.74, 6) is -0.162. The SMILES string of the molecule is COc1ccc(S(=O)(=O)N(CCc2ccccc2)CC(=O)N2CC(C(=O)NCCc3ccccc3)Oc3ccccc32)cc1Cl. The van der Waals surface area contributed by atoms with E-state index in [1.807, 2.05) is 60.7 Å². The number of methoxy groups -OCH3 is 1. The van der Waals surface area contributed by atoms with E-state index in [2.05, 4.69) is 5.32 Å². The van der Waals surface area contributed by atoms with E-state index in [9.17, 15) is 18.0 Å². The first-order valence-corrected chi connectivity index (χ1v) is 16.3. The highest BCUT2D eigenvalue weighted by Crippen LogP contribution is 2.34. The molecule has 0 radical (unpaired) electrons. The van der Waals surface area contributed by atoms with Gasteiger partial charge in [0.15, 0.2) is 6.10 Å². The minimum atomic E-state index is -4.16. The minimum absolute atomic E-state index is 0.0388. The molecule has 0 bridgehead atoms. The van der Waals surface area contributed by atoms with Crippen LogP contribution in [0.2, 0.25) is 5.02 Å². The molecule has 1 aliphatic heterocycles. The molecule has 0 aromatic heterocycles. The van der Waals surface area contributed by atoms with E-state index in [1.165, 1.54) is 30.2 Å². The fourth-order valence-corrected chi connectivity index (χ4v) is 6.81. The number of fused-ring (bicyclic) bond motifs is 1. The van der Waals surface area contributed by atoms with Gasteiger partial charge in [-0.05, 0) is 54.3 Å². The van der Waals surface area contributed by atoms with Crippen molar-refractivity contribution in [3.8, 4) is 11.5 Å². The summed E-state index contributed by atoms with van der Waals surface area (Å²) < 4.78 is 40.2. The van der Waals surface area contributed by atoms with Gasteiger partial charge < -0.3 is 19.7 Å². The Bertz CT molecular complexity index is 1740. The normalized spacial score (nSPS) is 14.4. The van der Waals surface area contributed by atoms with Crippen LogP contribution in [0.5, 0.6) is 11.5 Å². The van der Waals surface area contributed by atoms with Crippen molar-refractivity contribution in [1.29, 1.82) is 0 Å². The molecule has 9 nitrogen and oxygen atoms in total. The van der Waals surface area contributed by atoms with Gasteiger partial charge in [-0.3, -0.25) is 9.59 Å². The number of benzene rings is 4. The fourth-order valence-electron chi connectivity index (χ4n) is 5.07. The number of nitrogens with zero attached hydrogens (tertiary/aromatic N) is 2. The first kappa shape index (κ1) is 32.0. The van der Waals surface area contributed by atoms with Crippen molar-refractivity contribution >= 4 is 39.1 Å². The van der Waals surface area contributed by atoms with Gasteiger partial charge >= 0.3 is 0 Å². The number of ether oxygens (including phenoxy) is 2. The third kappa shape index (κ3) is 7.83. The lowest BCUT2D eigenvalue weighted by atomic mass is 10.1. The zero-order valence-electron chi connectivity index (χ0n) is 24.8. The Morgan fingerprint density at radius 2 is 1.58 bits per heavy atom. The molecular weight excluding hydrogens is 614 g/mol. The summed E-state index contributed by atoms with van der Waals surface area (Å²) in [4.78, 5) is 28.5. The average Bonchev–Trinajstić information content (AvgIpc) is 3.06. The summed E-state index contributed by atoms with van der Waals surface area (Å²) in [6, 6.07) is 30.3. The third-order valence-corrected chi connectivity index (χ3v) is 9.62. The molecule has 1 N–H and O–H groups in total. The molecule has 234 valence electrons. The lowest BCUT2D eigenvalue weighted by Crippen LogP contribution is -2.53. The predicted octanol–water partition coefficient (Wildman–Crippen LogP) is 4.74. The van der Waals surface area contributed by atoms with Crippen molar-refractivity contribution in [3.05, 3.63) is 119 Å². The van der Waals surface area contributed by atoms with Gasteiger partial charge in [0.05, 0.1) is 35.8 Å². The van der Waals surface area contributed by atoms with Gasteiger partial charge in [0.25, 0.3) is 5.91 Å². The van der Waals surface area contributed by atoms with E-state index in [0.717, 1.165) is 15.4 Å². The topological polar surface area (TPSA) is 105 Å². The Morgan fingerprint density at radius 3 is 2.24 bits per heavy atom. The number of carbonyl (C=O) groups excluding carboxylic acids is 2. The van der Waals surface area contributed by atoms with E-state index in [1.54, 1.807) is 24.3 Å².